The average molecular weight is 244 g/mol. The second kappa shape index (κ2) is 6.05. The number of fused-ring (bicyclic) bond motifs is 1. The zero-order chi connectivity index (χ0) is 13.0. The second-order valence-corrected chi connectivity index (χ2v) is 5.39. The lowest BCUT2D eigenvalue weighted by Crippen LogP contribution is -2.19. The van der Waals surface area contributed by atoms with Crippen LogP contribution in [-0.4, -0.2) is 11.1 Å². The van der Waals surface area contributed by atoms with E-state index in [4.69, 9.17) is 0 Å². The van der Waals surface area contributed by atoms with E-state index in [2.05, 4.69) is 61.1 Å². The topological polar surface area (TPSA) is 17.0 Å². The van der Waals surface area contributed by atoms with E-state index in [1.807, 2.05) is 0 Å². The van der Waals surface area contributed by atoms with Crippen molar-refractivity contribution < 1.29 is 0 Å². The van der Waals surface area contributed by atoms with E-state index in [1.54, 1.807) is 0 Å². The normalized spacial score (nSPS) is 11.6. The molecule has 1 N–H and O–H groups in total. The molecule has 0 aliphatic carbocycles. The highest BCUT2D eigenvalue weighted by molar-refractivity contribution is 5.83. The first-order chi connectivity index (χ1) is 8.72. The van der Waals surface area contributed by atoms with Gasteiger partial charge in [0.2, 0.25) is 0 Å². The molecule has 0 saturated carbocycles. The maximum absolute atomic E-state index is 3.54. The number of rotatable bonds is 6. The van der Waals surface area contributed by atoms with Gasteiger partial charge in [0.25, 0.3) is 0 Å². The van der Waals surface area contributed by atoms with Crippen LogP contribution < -0.4 is 5.32 Å². The highest BCUT2D eigenvalue weighted by atomic mass is 15.0. The summed E-state index contributed by atoms with van der Waals surface area (Å²) in [5.74, 6) is 0.701. The molecule has 1 heterocycles. The van der Waals surface area contributed by atoms with Gasteiger partial charge in [-0.1, -0.05) is 39.0 Å². The molecule has 0 fully saturated rings. The summed E-state index contributed by atoms with van der Waals surface area (Å²) < 4.78 is 2.38. The zero-order valence-corrected chi connectivity index (χ0v) is 11.7. The molecule has 0 aliphatic rings. The second-order valence-electron chi connectivity index (χ2n) is 5.39. The summed E-state index contributed by atoms with van der Waals surface area (Å²) in [5.41, 5.74) is 2.81. The lowest BCUT2D eigenvalue weighted by Gasteiger charge is -2.11. The maximum atomic E-state index is 3.54. The molecule has 0 saturated heterocycles. The van der Waals surface area contributed by atoms with Crippen molar-refractivity contribution in [2.45, 2.75) is 40.3 Å². The van der Waals surface area contributed by atoms with Gasteiger partial charge in [0, 0.05) is 19.3 Å². The number of nitrogens with zero attached hydrogens (tertiary/aromatic N) is 1. The van der Waals surface area contributed by atoms with Gasteiger partial charge in [-0.05, 0) is 35.9 Å². The number of aryl methyl sites for hydroxylation is 1. The highest BCUT2D eigenvalue weighted by Gasteiger charge is 2.06. The Hall–Kier alpha value is -1.28. The van der Waals surface area contributed by atoms with Gasteiger partial charge in [0.1, 0.15) is 0 Å². The van der Waals surface area contributed by atoms with E-state index in [-0.39, 0.29) is 0 Å². The Labute approximate surface area is 110 Å². The minimum absolute atomic E-state index is 0.701. The van der Waals surface area contributed by atoms with Crippen LogP contribution >= 0.6 is 0 Å². The molecule has 0 aliphatic heterocycles. The molecule has 0 amide bonds. The smallest absolute Gasteiger partial charge is 0.0525 e. The summed E-state index contributed by atoms with van der Waals surface area (Å²) in [6.45, 7) is 9.85. The molecule has 18 heavy (non-hydrogen) atoms. The fourth-order valence-electron chi connectivity index (χ4n) is 2.41. The first-order valence-electron chi connectivity index (χ1n) is 6.99. The Balaban J connectivity index is 2.22. The Bertz CT molecular complexity index is 497. The molecule has 98 valence electrons. The zero-order valence-electron chi connectivity index (χ0n) is 11.7. The molecule has 2 rings (SSSR count). The van der Waals surface area contributed by atoms with Crippen molar-refractivity contribution >= 4 is 10.9 Å². The fraction of sp³-hybridized carbons (Fsp3) is 0.500. The molecule has 2 nitrogen and oxygen atoms in total. The van der Waals surface area contributed by atoms with Crippen LogP contribution in [0.1, 0.15) is 32.8 Å². The van der Waals surface area contributed by atoms with Crippen LogP contribution in [0.25, 0.3) is 10.9 Å². The molecule has 1 aromatic carbocycles. The standard InChI is InChI=1S/C16H24N2/c1-4-9-18-10-8-14-6-5-7-15(16(14)18)12-17-11-13(2)3/h5-8,10,13,17H,4,9,11-12H2,1-3H3. The minimum Gasteiger partial charge on any atom is -0.347 e. The Morgan fingerprint density at radius 1 is 1.22 bits per heavy atom. The fourth-order valence-corrected chi connectivity index (χ4v) is 2.41. The Kier molecular flexibility index (Phi) is 4.43. The van der Waals surface area contributed by atoms with Crippen LogP contribution in [0.15, 0.2) is 30.5 Å². The molecule has 0 radical (unpaired) electrons. The third kappa shape index (κ3) is 2.94. The monoisotopic (exact) mass is 244 g/mol. The molecule has 2 aromatic rings. The molecule has 0 spiro atoms. The number of nitrogens with one attached hydrogen (secondary N) is 1. The van der Waals surface area contributed by atoms with Gasteiger partial charge in [-0.25, -0.2) is 0 Å². The third-order valence-corrected chi connectivity index (χ3v) is 3.20. The number of para-hydroxylation sites is 1. The van der Waals surface area contributed by atoms with Gasteiger partial charge in [0.05, 0.1) is 5.52 Å². The summed E-state index contributed by atoms with van der Waals surface area (Å²) in [7, 11) is 0. The van der Waals surface area contributed by atoms with Crippen LogP contribution in [0.5, 0.6) is 0 Å². The van der Waals surface area contributed by atoms with Gasteiger partial charge in [-0.2, -0.15) is 0 Å². The summed E-state index contributed by atoms with van der Waals surface area (Å²) in [4.78, 5) is 0. The van der Waals surface area contributed by atoms with E-state index < -0.39 is 0 Å². The van der Waals surface area contributed by atoms with Crippen molar-refractivity contribution in [3.8, 4) is 0 Å². The molecule has 1 aromatic heterocycles. The SMILES string of the molecule is CCCn1ccc2cccc(CNCC(C)C)c21. The first-order valence-corrected chi connectivity index (χ1v) is 6.99. The van der Waals surface area contributed by atoms with E-state index in [0.29, 0.717) is 5.92 Å². The van der Waals surface area contributed by atoms with Gasteiger partial charge in [-0.3, -0.25) is 0 Å². The van der Waals surface area contributed by atoms with E-state index in [9.17, 15) is 0 Å². The molecule has 0 bridgehead atoms. The average Bonchev–Trinajstić information content (AvgIpc) is 2.74. The minimum atomic E-state index is 0.701. The maximum Gasteiger partial charge on any atom is 0.0525 e. The predicted octanol–water partition coefficient (Wildman–Crippen LogP) is 3.80. The Morgan fingerprint density at radius 3 is 2.78 bits per heavy atom. The highest BCUT2D eigenvalue weighted by Crippen LogP contribution is 2.20. The summed E-state index contributed by atoms with van der Waals surface area (Å²) in [6.07, 6.45) is 3.39. The number of aromatic nitrogens is 1. The number of hydrogen-bond acceptors (Lipinski definition) is 1. The van der Waals surface area contributed by atoms with Crippen LogP contribution in [0.2, 0.25) is 0 Å². The molecular weight excluding hydrogens is 220 g/mol. The summed E-state index contributed by atoms with van der Waals surface area (Å²) in [6, 6.07) is 8.82. The number of benzene rings is 1. The van der Waals surface area contributed by atoms with Gasteiger partial charge in [0.15, 0.2) is 0 Å². The Morgan fingerprint density at radius 2 is 2.06 bits per heavy atom. The summed E-state index contributed by atoms with van der Waals surface area (Å²) >= 11 is 0. The van der Waals surface area contributed by atoms with E-state index in [1.165, 1.54) is 22.9 Å². The van der Waals surface area contributed by atoms with Gasteiger partial charge in [-0.15, -0.1) is 0 Å². The molecule has 0 atom stereocenters. The van der Waals surface area contributed by atoms with Crippen molar-refractivity contribution in [3.63, 3.8) is 0 Å². The number of hydrogen-bond donors (Lipinski definition) is 1. The lowest BCUT2D eigenvalue weighted by molar-refractivity contribution is 0.552. The summed E-state index contributed by atoms with van der Waals surface area (Å²) in [5, 5.41) is 4.89. The first kappa shape index (κ1) is 13.2. The molecular formula is C16H24N2. The van der Waals surface area contributed by atoms with Crippen molar-refractivity contribution in [2.24, 2.45) is 5.92 Å². The van der Waals surface area contributed by atoms with Crippen LogP contribution in [0.3, 0.4) is 0 Å². The van der Waals surface area contributed by atoms with Crippen molar-refractivity contribution in [1.29, 1.82) is 0 Å². The van der Waals surface area contributed by atoms with Crippen molar-refractivity contribution in [2.75, 3.05) is 6.54 Å². The van der Waals surface area contributed by atoms with Crippen molar-refractivity contribution in [3.05, 3.63) is 36.0 Å². The van der Waals surface area contributed by atoms with Crippen molar-refractivity contribution in [1.82, 2.24) is 9.88 Å². The van der Waals surface area contributed by atoms with E-state index in [0.717, 1.165) is 19.6 Å². The largest absolute Gasteiger partial charge is 0.347 e. The molecule has 2 heteroatoms. The lowest BCUT2D eigenvalue weighted by atomic mass is 10.1. The van der Waals surface area contributed by atoms with Crippen LogP contribution in [0.4, 0.5) is 0 Å². The quantitative estimate of drug-likeness (QED) is 0.818. The predicted molar refractivity (Wildman–Crippen MR) is 78.8 cm³/mol. The van der Waals surface area contributed by atoms with Gasteiger partial charge < -0.3 is 9.88 Å². The van der Waals surface area contributed by atoms with Crippen LogP contribution in [-0.2, 0) is 13.1 Å². The molecule has 0 unspecified atom stereocenters. The third-order valence-electron chi connectivity index (χ3n) is 3.20. The van der Waals surface area contributed by atoms with Crippen LogP contribution in [0, 0.1) is 5.92 Å². The van der Waals surface area contributed by atoms with E-state index >= 15 is 0 Å². The van der Waals surface area contributed by atoms with Gasteiger partial charge >= 0.3 is 0 Å².